The quantitative estimate of drug-likeness (QED) is 0.533. The Morgan fingerprint density at radius 2 is 1.31 bits per heavy atom. The molecule has 2 nitrogen and oxygen atoms in total. The first-order valence-electron chi connectivity index (χ1n) is 4.99. The van der Waals surface area contributed by atoms with Crippen molar-refractivity contribution in [1.82, 2.24) is 0 Å². The molecule has 72 valence electrons. The van der Waals surface area contributed by atoms with Crippen LogP contribution in [0.2, 0.25) is 0 Å². The molecular weight excluding hydrogens is 164 g/mol. The molecule has 1 heterocycles. The van der Waals surface area contributed by atoms with Crippen molar-refractivity contribution in [3.63, 3.8) is 0 Å². The summed E-state index contributed by atoms with van der Waals surface area (Å²) in [5.74, 6) is -0.299. The Kier molecular flexibility index (Phi) is 2.81. The zero-order valence-electron chi connectivity index (χ0n) is 7.87. The summed E-state index contributed by atoms with van der Waals surface area (Å²) in [5.41, 5.74) is 0. The van der Waals surface area contributed by atoms with E-state index in [0.29, 0.717) is 13.2 Å². The monoisotopic (exact) mass is 180 g/mol. The third-order valence-corrected chi connectivity index (χ3v) is 2.60. The fourth-order valence-corrected chi connectivity index (χ4v) is 1.83. The standard InChI is InChI=1S/C11H16O2/c1-2-4-8-11(7-3-1)12-9-5-6-10-13-11/h1-2,5-6H,3-4,7-10H2. The van der Waals surface area contributed by atoms with Crippen LogP contribution in [0.1, 0.15) is 25.7 Å². The Morgan fingerprint density at radius 1 is 0.769 bits per heavy atom. The van der Waals surface area contributed by atoms with Crippen LogP contribution in [0.25, 0.3) is 0 Å². The summed E-state index contributed by atoms with van der Waals surface area (Å²) in [5, 5.41) is 0. The highest BCUT2D eigenvalue weighted by molar-refractivity contribution is 4.93. The lowest BCUT2D eigenvalue weighted by Crippen LogP contribution is -2.34. The molecule has 0 radical (unpaired) electrons. The van der Waals surface area contributed by atoms with Crippen molar-refractivity contribution >= 4 is 0 Å². The highest BCUT2D eigenvalue weighted by Crippen LogP contribution is 2.29. The summed E-state index contributed by atoms with van der Waals surface area (Å²) < 4.78 is 11.5. The first kappa shape index (κ1) is 8.97. The van der Waals surface area contributed by atoms with Gasteiger partial charge in [-0.05, 0) is 12.8 Å². The van der Waals surface area contributed by atoms with Crippen LogP contribution in [0.3, 0.4) is 0 Å². The summed E-state index contributed by atoms with van der Waals surface area (Å²) in [6.45, 7) is 1.39. The van der Waals surface area contributed by atoms with E-state index in [-0.39, 0.29) is 5.79 Å². The van der Waals surface area contributed by atoms with Gasteiger partial charge < -0.3 is 9.47 Å². The van der Waals surface area contributed by atoms with Gasteiger partial charge in [-0.3, -0.25) is 0 Å². The molecule has 0 saturated heterocycles. The fourth-order valence-electron chi connectivity index (χ4n) is 1.83. The van der Waals surface area contributed by atoms with Crippen LogP contribution in [0, 0.1) is 0 Å². The van der Waals surface area contributed by atoms with Crippen LogP contribution < -0.4 is 0 Å². The van der Waals surface area contributed by atoms with E-state index in [1.54, 1.807) is 0 Å². The van der Waals surface area contributed by atoms with Crippen LogP contribution in [-0.2, 0) is 9.47 Å². The van der Waals surface area contributed by atoms with Gasteiger partial charge in [0.1, 0.15) is 0 Å². The van der Waals surface area contributed by atoms with Crippen molar-refractivity contribution in [2.45, 2.75) is 31.5 Å². The Morgan fingerprint density at radius 3 is 1.85 bits per heavy atom. The van der Waals surface area contributed by atoms with Crippen molar-refractivity contribution in [1.29, 1.82) is 0 Å². The first-order chi connectivity index (χ1) is 6.41. The molecule has 1 aliphatic carbocycles. The molecule has 2 rings (SSSR count). The van der Waals surface area contributed by atoms with Crippen LogP contribution in [0.5, 0.6) is 0 Å². The largest absolute Gasteiger partial charge is 0.346 e. The van der Waals surface area contributed by atoms with E-state index in [1.807, 2.05) is 12.2 Å². The minimum atomic E-state index is -0.299. The van der Waals surface area contributed by atoms with Gasteiger partial charge in [-0.2, -0.15) is 0 Å². The van der Waals surface area contributed by atoms with E-state index in [0.717, 1.165) is 25.7 Å². The van der Waals surface area contributed by atoms with Gasteiger partial charge in [-0.15, -0.1) is 0 Å². The van der Waals surface area contributed by atoms with E-state index in [1.165, 1.54) is 0 Å². The lowest BCUT2D eigenvalue weighted by molar-refractivity contribution is -0.228. The highest BCUT2D eigenvalue weighted by atomic mass is 16.7. The topological polar surface area (TPSA) is 18.5 Å². The van der Waals surface area contributed by atoms with Gasteiger partial charge in [0.25, 0.3) is 0 Å². The van der Waals surface area contributed by atoms with Gasteiger partial charge in [-0.25, -0.2) is 0 Å². The number of rotatable bonds is 0. The van der Waals surface area contributed by atoms with Crippen molar-refractivity contribution in [3.05, 3.63) is 24.3 Å². The second-order valence-electron chi connectivity index (χ2n) is 3.55. The Labute approximate surface area is 79.2 Å². The van der Waals surface area contributed by atoms with E-state index < -0.39 is 0 Å². The molecule has 0 saturated carbocycles. The lowest BCUT2D eigenvalue weighted by atomic mass is 10.1. The highest BCUT2D eigenvalue weighted by Gasteiger charge is 2.31. The molecule has 13 heavy (non-hydrogen) atoms. The van der Waals surface area contributed by atoms with Gasteiger partial charge in [-0.1, -0.05) is 24.3 Å². The van der Waals surface area contributed by atoms with Crippen molar-refractivity contribution < 1.29 is 9.47 Å². The van der Waals surface area contributed by atoms with Crippen molar-refractivity contribution in [2.75, 3.05) is 13.2 Å². The molecule has 2 heteroatoms. The molecule has 0 N–H and O–H groups in total. The van der Waals surface area contributed by atoms with Gasteiger partial charge in [0.15, 0.2) is 5.79 Å². The maximum atomic E-state index is 5.76. The van der Waals surface area contributed by atoms with Crippen LogP contribution >= 0.6 is 0 Å². The Bertz CT molecular complexity index is 171. The molecular formula is C11H16O2. The molecule has 0 atom stereocenters. The third-order valence-electron chi connectivity index (χ3n) is 2.60. The van der Waals surface area contributed by atoms with E-state index in [9.17, 15) is 0 Å². The molecule has 2 aliphatic rings. The lowest BCUT2D eigenvalue weighted by Gasteiger charge is -2.31. The zero-order chi connectivity index (χ0) is 8.99. The fraction of sp³-hybridized carbons (Fsp3) is 0.636. The second kappa shape index (κ2) is 4.07. The normalized spacial score (nSPS) is 27.1. The number of ether oxygens (including phenoxy) is 2. The minimum Gasteiger partial charge on any atom is -0.346 e. The van der Waals surface area contributed by atoms with Crippen LogP contribution in [0.15, 0.2) is 24.3 Å². The minimum absolute atomic E-state index is 0.299. The molecule has 1 aliphatic heterocycles. The van der Waals surface area contributed by atoms with Gasteiger partial charge >= 0.3 is 0 Å². The molecule has 0 fully saturated rings. The summed E-state index contributed by atoms with van der Waals surface area (Å²) in [6, 6.07) is 0. The molecule has 0 amide bonds. The van der Waals surface area contributed by atoms with Gasteiger partial charge in [0.05, 0.1) is 13.2 Å². The average molecular weight is 180 g/mol. The van der Waals surface area contributed by atoms with Crippen molar-refractivity contribution in [2.24, 2.45) is 0 Å². The third kappa shape index (κ3) is 2.20. The molecule has 0 bridgehead atoms. The predicted octanol–water partition coefficient (Wildman–Crippen LogP) is 2.42. The second-order valence-corrected chi connectivity index (χ2v) is 3.55. The van der Waals surface area contributed by atoms with Crippen molar-refractivity contribution in [3.8, 4) is 0 Å². The van der Waals surface area contributed by atoms with E-state index >= 15 is 0 Å². The molecule has 1 spiro atoms. The molecule has 0 aromatic rings. The van der Waals surface area contributed by atoms with Gasteiger partial charge in [0.2, 0.25) is 0 Å². The van der Waals surface area contributed by atoms with E-state index in [4.69, 9.17) is 9.47 Å². The predicted molar refractivity (Wildman–Crippen MR) is 51.4 cm³/mol. The van der Waals surface area contributed by atoms with Crippen LogP contribution in [-0.4, -0.2) is 19.0 Å². The van der Waals surface area contributed by atoms with Crippen LogP contribution in [0.4, 0.5) is 0 Å². The summed E-state index contributed by atoms with van der Waals surface area (Å²) in [6.07, 6.45) is 12.6. The molecule has 0 aromatic heterocycles. The maximum Gasteiger partial charge on any atom is 0.169 e. The Hall–Kier alpha value is -0.600. The summed E-state index contributed by atoms with van der Waals surface area (Å²) >= 11 is 0. The zero-order valence-corrected chi connectivity index (χ0v) is 7.87. The molecule has 0 unspecified atom stereocenters. The molecule has 0 aromatic carbocycles. The maximum absolute atomic E-state index is 5.76. The Balaban J connectivity index is 2.01. The SMILES string of the molecule is C1=CCCC2(CC1)OCC=CCO2. The first-order valence-corrected chi connectivity index (χ1v) is 4.99. The average Bonchev–Trinajstić information content (AvgIpc) is 2.50. The van der Waals surface area contributed by atoms with Gasteiger partial charge in [0, 0.05) is 12.8 Å². The summed E-state index contributed by atoms with van der Waals surface area (Å²) in [4.78, 5) is 0. The number of hydrogen-bond acceptors (Lipinski definition) is 2. The summed E-state index contributed by atoms with van der Waals surface area (Å²) in [7, 11) is 0. The number of allylic oxidation sites excluding steroid dienone is 2. The smallest absolute Gasteiger partial charge is 0.169 e. The number of hydrogen-bond donors (Lipinski definition) is 0. The van der Waals surface area contributed by atoms with E-state index in [2.05, 4.69) is 12.2 Å².